The van der Waals surface area contributed by atoms with Crippen LogP contribution in [0.2, 0.25) is 0 Å². The third-order valence-electron chi connectivity index (χ3n) is 3.52. The van der Waals surface area contributed by atoms with Crippen molar-refractivity contribution in [2.45, 2.75) is 26.7 Å². The van der Waals surface area contributed by atoms with Crippen molar-refractivity contribution >= 4 is 17.9 Å². The minimum absolute atomic E-state index is 0.180. The third kappa shape index (κ3) is 4.03. The lowest BCUT2D eigenvalue weighted by Gasteiger charge is -2.39. The Morgan fingerprint density at radius 1 is 1.47 bits per heavy atom. The Labute approximate surface area is 98.0 Å². The molecule has 0 spiro atoms. The maximum atomic E-state index is 10.8. The summed E-state index contributed by atoms with van der Waals surface area (Å²) in [7, 11) is 2.17. The Morgan fingerprint density at radius 3 is 2.47 bits per heavy atom. The molecule has 15 heavy (non-hydrogen) atoms. The van der Waals surface area contributed by atoms with Gasteiger partial charge in [-0.2, -0.15) is 0 Å². The highest BCUT2D eigenvalue weighted by Gasteiger charge is 2.31. The van der Waals surface area contributed by atoms with Crippen molar-refractivity contribution in [3.63, 3.8) is 0 Å². The molecule has 0 unspecified atom stereocenters. The predicted molar refractivity (Wildman–Crippen MR) is 66.4 cm³/mol. The Bertz CT molecular complexity index is 223. The van der Waals surface area contributed by atoms with E-state index in [9.17, 15) is 4.79 Å². The molecular weight excluding hydrogens is 208 g/mol. The molecule has 0 aliphatic carbocycles. The first kappa shape index (κ1) is 12.8. The molecule has 0 bridgehead atoms. The van der Waals surface area contributed by atoms with Crippen molar-refractivity contribution in [1.29, 1.82) is 0 Å². The molecule has 1 saturated heterocycles. The molecule has 1 heterocycles. The number of rotatable bonds is 3. The molecule has 0 radical (unpaired) electrons. The predicted octanol–water partition coefficient (Wildman–Crippen LogP) is 1.99. The van der Waals surface area contributed by atoms with E-state index in [4.69, 9.17) is 0 Å². The molecule has 1 fully saturated rings. The molecule has 0 saturated carbocycles. The van der Waals surface area contributed by atoms with Gasteiger partial charge < -0.3 is 10.2 Å². The van der Waals surface area contributed by atoms with Gasteiger partial charge in [-0.3, -0.25) is 4.79 Å². The van der Waals surface area contributed by atoms with Gasteiger partial charge in [-0.15, -0.1) is 0 Å². The van der Waals surface area contributed by atoms with Crippen molar-refractivity contribution in [3.8, 4) is 0 Å². The number of nitrogens with zero attached hydrogens (tertiary/aromatic N) is 1. The van der Waals surface area contributed by atoms with Crippen LogP contribution in [-0.2, 0) is 0 Å². The van der Waals surface area contributed by atoms with E-state index < -0.39 is 0 Å². The fraction of sp³-hybridized carbons (Fsp3) is 0.909. The summed E-state index contributed by atoms with van der Waals surface area (Å²) in [5.41, 5.74) is 0.180. The van der Waals surface area contributed by atoms with Crippen LogP contribution in [0.3, 0.4) is 0 Å². The number of nitrogens with one attached hydrogen (secondary N) is 1. The number of amides is 1. The Kier molecular flexibility index (Phi) is 4.46. The summed E-state index contributed by atoms with van der Waals surface area (Å²) < 4.78 is 0. The SMILES string of the molecule is CN1CCC(C(C)(C)CNC(=O)S)CC1. The molecular formula is C11H22N2OS. The lowest BCUT2D eigenvalue weighted by Crippen LogP contribution is -2.42. The monoisotopic (exact) mass is 230 g/mol. The van der Waals surface area contributed by atoms with Crippen LogP contribution in [0.15, 0.2) is 0 Å². The van der Waals surface area contributed by atoms with Gasteiger partial charge in [-0.1, -0.05) is 26.5 Å². The zero-order valence-electron chi connectivity index (χ0n) is 9.92. The molecule has 1 amide bonds. The molecule has 4 heteroatoms. The Hall–Kier alpha value is -0.220. The summed E-state index contributed by atoms with van der Waals surface area (Å²) in [6.07, 6.45) is 2.46. The van der Waals surface area contributed by atoms with Crippen molar-refractivity contribution in [2.24, 2.45) is 11.3 Å². The zero-order chi connectivity index (χ0) is 11.5. The Balaban J connectivity index is 2.42. The summed E-state index contributed by atoms with van der Waals surface area (Å²) in [6.45, 7) is 7.52. The smallest absolute Gasteiger partial charge is 0.275 e. The highest BCUT2D eigenvalue weighted by atomic mass is 32.1. The van der Waals surface area contributed by atoms with E-state index >= 15 is 0 Å². The molecule has 88 valence electrons. The van der Waals surface area contributed by atoms with Crippen LogP contribution < -0.4 is 5.32 Å². The first-order valence-corrected chi connectivity index (χ1v) is 6.02. The van der Waals surface area contributed by atoms with Gasteiger partial charge in [0.25, 0.3) is 5.24 Å². The van der Waals surface area contributed by atoms with Gasteiger partial charge in [0, 0.05) is 6.54 Å². The van der Waals surface area contributed by atoms with Gasteiger partial charge >= 0.3 is 0 Å². The molecule has 1 rings (SSSR count). The molecule has 0 aromatic rings. The van der Waals surface area contributed by atoms with Gasteiger partial charge in [0.2, 0.25) is 0 Å². The quantitative estimate of drug-likeness (QED) is 0.727. The first-order valence-electron chi connectivity index (χ1n) is 5.57. The normalized spacial score (nSPS) is 20.3. The Morgan fingerprint density at radius 2 is 2.00 bits per heavy atom. The highest BCUT2D eigenvalue weighted by molar-refractivity contribution is 7.96. The molecule has 0 atom stereocenters. The van der Waals surface area contributed by atoms with Gasteiger partial charge in [0.05, 0.1) is 0 Å². The van der Waals surface area contributed by atoms with E-state index in [-0.39, 0.29) is 10.7 Å². The second-order valence-corrected chi connectivity index (χ2v) is 5.63. The van der Waals surface area contributed by atoms with Gasteiger partial charge in [0.15, 0.2) is 0 Å². The van der Waals surface area contributed by atoms with Crippen LogP contribution in [0.25, 0.3) is 0 Å². The molecule has 1 aliphatic rings. The van der Waals surface area contributed by atoms with Gasteiger partial charge in [-0.05, 0) is 44.3 Å². The van der Waals surface area contributed by atoms with Crippen LogP contribution in [0.4, 0.5) is 4.79 Å². The van der Waals surface area contributed by atoms with E-state index in [0.717, 1.165) is 6.54 Å². The fourth-order valence-corrected chi connectivity index (χ4v) is 2.32. The summed E-state index contributed by atoms with van der Waals surface area (Å²) >= 11 is 3.73. The third-order valence-corrected chi connectivity index (χ3v) is 3.68. The van der Waals surface area contributed by atoms with Crippen molar-refractivity contribution in [1.82, 2.24) is 10.2 Å². The van der Waals surface area contributed by atoms with Crippen LogP contribution >= 0.6 is 12.6 Å². The maximum Gasteiger partial charge on any atom is 0.275 e. The minimum atomic E-state index is -0.226. The fourth-order valence-electron chi connectivity index (χ4n) is 2.24. The average molecular weight is 230 g/mol. The zero-order valence-corrected chi connectivity index (χ0v) is 10.8. The van der Waals surface area contributed by atoms with E-state index in [1.165, 1.54) is 25.9 Å². The number of hydrogen-bond donors (Lipinski definition) is 2. The van der Waals surface area contributed by atoms with E-state index in [2.05, 4.69) is 43.7 Å². The summed E-state index contributed by atoms with van der Waals surface area (Å²) in [5, 5.41) is 2.58. The number of hydrogen-bond acceptors (Lipinski definition) is 2. The first-order chi connectivity index (χ1) is 6.92. The van der Waals surface area contributed by atoms with Crippen LogP contribution in [0.5, 0.6) is 0 Å². The summed E-state index contributed by atoms with van der Waals surface area (Å²) in [4.78, 5) is 13.1. The molecule has 1 N–H and O–H groups in total. The average Bonchev–Trinajstić information content (AvgIpc) is 2.16. The van der Waals surface area contributed by atoms with Gasteiger partial charge in [0.1, 0.15) is 0 Å². The number of thiol groups is 1. The lowest BCUT2D eigenvalue weighted by molar-refractivity contribution is 0.115. The van der Waals surface area contributed by atoms with Crippen molar-refractivity contribution < 1.29 is 4.79 Å². The second kappa shape index (κ2) is 5.21. The number of carbonyl (C=O) groups excluding carboxylic acids is 1. The summed E-state index contributed by atoms with van der Waals surface area (Å²) in [6, 6.07) is 0. The van der Waals surface area contributed by atoms with E-state index in [0.29, 0.717) is 5.92 Å². The maximum absolute atomic E-state index is 10.8. The standard InChI is InChI=1S/C11H22N2OS/c1-11(2,8-12-10(14)15)9-4-6-13(3)7-5-9/h9H,4-8H2,1-3H3,(H2,12,14,15). The molecule has 3 nitrogen and oxygen atoms in total. The molecule has 0 aromatic heterocycles. The van der Waals surface area contributed by atoms with Crippen LogP contribution in [0.1, 0.15) is 26.7 Å². The van der Waals surface area contributed by atoms with Crippen molar-refractivity contribution in [3.05, 3.63) is 0 Å². The van der Waals surface area contributed by atoms with E-state index in [1.54, 1.807) is 0 Å². The number of carbonyl (C=O) groups is 1. The number of likely N-dealkylation sites (tertiary alicyclic amines) is 1. The molecule has 1 aliphatic heterocycles. The van der Waals surface area contributed by atoms with Gasteiger partial charge in [-0.25, -0.2) is 0 Å². The summed E-state index contributed by atoms with van der Waals surface area (Å²) in [5.74, 6) is 0.703. The second-order valence-electron chi connectivity index (χ2n) is 5.22. The molecule has 0 aromatic carbocycles. The van der Waals surface area contributed by atoms with E-state index in [1.807, 2.05) is 0 Å². The topological polar surface area (TPSA) is 32.3 Å². The highest BCUT2D eigenvalue weighted by Crippen LogP contribution is 2.34. The van der Waals surface area contributed by atoms with Crippen molar-refractivity contribution in [2.75, 3.05) is 26.7 Å². The number of piperidine rings is 1. The van der Waals surface area contributed by atoms with Crippen LogP contribution in [-0.4, -0.2) is 36.8 Å². The lowest BCUT2D eigenvalue weighted by atomic mass is 9.73. The largest absolute Gasteiger partial charge is 0.347 e. The minimum Gasteiger partial charge on any atom is -0.347 e. The van der Waals surface area contributed by atoms with Crippen LogP contribution in [0, 0.1) is 11.3 Å².